The predicted octanol–water partition coefficient (Wildman–Crippen LogP) is 2.97. The lowest BCUT2D eigenvalue weighted by Crippen LogP contribution is -2.20. The molecule has 0 radical (unpaired) electrons. The summed E-state index contributed by atoms with van der Waals surface area (Å²) in [6.45, 7) is 2.16. The molecule has 0 spiro atoms. The Kier molecular flexibility index (Phi) is 4.00. The first-order valence-electron chi connectivity index (χ1n) is 7.07. The first kappa shape index (κ1) is 16.0. The van der Waals surface area contributed by atoms with Crippen LogP contribution in [0.2, 0.25) is 0 Å². The largest absolute Gasteiger partial charge is 0.573 e. The van der Waals surface area contributed by atoms with Crippen molar-refractivity contribution in [2.45, 2.75) is 19.8 Å². The zero-order chi connectivity index (χ0) is 17.3. The standard InChI is InChI=1S/C15H14F3N5O/c1-10-19-20-13-6-7-14(21-23(10)13)22(2)9-11-4-3-5-12(8-11)24-15(16,17)18/h3-8H,9H2,1-2H3. The fourth-order valence-electron chi connectivity index (χ4n) is 2.29. The van der Waals surface area contributed by atoms with E-state index in [0.29, 0.717) is 29.4 Å². The van der Waals surface area contributed by atoms with Crippen molar-refractivity contribution in [1.82, 2.24) is 19.8 Å². The molecular formula is C15H14F3N5O. The van der Waals surface area contributed by atoms with Crippen molar-refractivity contribution in [1.29, 1.82) is 0 Å². The third kappa shape index (κ3) is 3.55. The number of ether oxygens (including phenoxy) is 1. The Balaban J connectivity index is 1.79. The number of aryl methyl sites for hydroxylation is 1. The Morgan fingerprint density at radius 3 is 2.71 bits per heavy atom. The molecule has 0 aliphatic rings. The number of aromatic nitrogens is 4. The molecule has 0 saturated carbocycles. The number of hydrogen-bond acceptors (Lipinski definition) is 5. The van der Waals surface area contributed by atoms with E-state index in [-0.39, 0.29) is 5.75 Å². The number of nitrogens with zero attached hydrogens (tertiary/aromatic N) is 5. The second-order valence-corrected chi connectivity index (χ2v) is 5.26. The van der Waals surface area contributed by atoms with Crippen LogP contribution in [0.1, 0.15) is 11.4 Å². The van der Waals surface area contributed by atoms with Crippen LogP contribution in [0, 0.1) is 6.92 Å². The minimum atomic E-state index is -4.71. The zero-order valence-corrected chi connectivity index (χ0v) is 12.9. The van der Waals surface area contributed by atoms with Crippen molar-refractivity contribution < 1.29 is 17.9 Å². The third-order valence-corrected chi connectivity index (χ3v) is 3.35. The number of hydrogen-bond donors (Lipinski definition) is 0. The summed E-state index contributed by atoms with van der Waals surface area (Å²) in [5, 5.41) is 12.3. The van der Waals surface area contributed by atoms with Gasteiger partial charge in [0.15, 0.2) is 11.5 Å². The Bertz CT molecular complexity index is 862. The van der Waals surface area contributed by atoms with Crippen molar-refractivity contribution in [3.63, 3.8) is 0 Å². The van der Waals surface area contributed by atoms with Crippen molar-refractivity contribution in [3.8, 4) is 5.75 Å². The molecule has 0 bridgehead atoms. The van der Waals surface area contributed by atoms with E-state index >= 15 is 0 Å². The summed E-state index contributed by atoms with van der Waals surface area (Å²) in [4.78, 5) is 1.81. The van der Waals surface area contributed by atoms with Gasteiger partial charge in [-0.1, -0.05) is 12.1 Å². The number of halogens is 3. The summed E-state index contributed by atoms with van der Waals surface area (Å²) in [6.07, 6.45) is -4.71. The average molecular weight is 337 g/mol. The minimum Gasteiger partial charge on any atom is -0.406 e. The first-order valence-corrected chi connectivity index (χ1v) is 7.07. The SMILES string of the molecule is Cc1nnc2ccc(N(C)Cc3cccc(OC(F)(F)F)c3)nn12. The number of anilines is 1. The van der Waals surface area contributed by atoms with E-state index in [1.165, 1.54) is 18.2 Å². The van der Waals surface area contributed by atoms with E-state index < -0.39 is 6.36 Å². The normalized spacial score (nSPS) is 11.7. The van der Waals surface area contributed by atoms with Crippen LogP contribution < -0.4 is 9.64 Å². The molecule has 126 valence electrons. The maximum Gasteiger partial charge on any atom is 0.573 e. The van der Waals surface area contributed by atoms with Gasteiger partial charge in [0, 0.05) is 13.6 Å². The van der Waals surface area contributed by atoms with Gasteiger partial charge in [0.1, 0.15) is 11.6 Å². The Labute approximate surface area is 135 Å². The van der Waals surface area contributed by atoms with Gasteiger partial charge in [0.2, 0.25) is 0 Å². The fourth-order valence-corrected chi connectivity index (χ4v) is 2.29. The van der Waals surface area contributed by atoms with E-state index in [1.807, 2.05) is 4.90 Å². The van der Waals surface area contributed by atoms with E-state index in [2.05, 4.69) is 20.0 Å². The molecule has 9 heteroatoms. The molecule has 24 heavy (non-hydrogen) atoms. The molecule has 3 rings (SSSR count). The van der Waals surface area contributed by atoms with E-state index in [4.69, 9.17) is 0 Å². The van der Waals surface area contributed by atoms with Crippen LogP contribution in [-0.4, -0.2) is 33.2 Å². The first-order chi connectivity index (χ1) is 11.3. The molecule has 0 amide bonds. The van der Waals surface area contributed by atoms with Gasteiger partial charge in [-0.3, -0.25) is 0 Å². The molecule has 0 aliphatic carbocycles. The second-order valence-electron chi connectivity index (χ2n) is 5.26. The van der Waals surface area contributed by atoms with Gasteiger partial charge in [0.25, 0.3) is 0 Å². The molecule has 2 aromatic heterocycles. The van der Waals surface area contributed by atoms with Crippen LogP contribution in [-0.2, 0) is 6.54 Å². The highest BCUT2D eigenvalue weighted by Gasteiger charge is 2.31. The van der Waals surface area contributed by atoms with Crippen molar-refractivity contribution in [2.75, 3.05) is 11.9 Å². The third-order valence-electron chi connectivity index (χ3n) is 3.35. The zero-order valence-electron chi connectivity index (χ0n) is 12.9. The minimum absolute atomic E-state index is 0.244. The Hall–Kier alpha value is -2.84. The molecule has 1 aromatic carbocycles. The molecule has 0 atom stereocenters. The molecule has 0 saturated heterocycles. The maximum absolute atomic E-state index is 12.3. The second kappa shape index (κ2) is 5.99. The van der Waals surface area contributed by atoms with Gasteiger partial charge in [-0.15, -0.1) is 28.5 Å². The molecule has 0 aliphatic heterocycles. The quantitative estimate of drug-likeness (QED) is 0.733. The molecule has 0 fully saturated rings. The van der Waals surface area contributed by atoms with E-state index in [0.717, 1.165) is 0 Å². The lowest BCUT2D eigenvalue weighted by atomic mass is 10.2. The summed E-state index contributed by atoms with van der Waals surface area (Å²) in [5.41, 5.74) is 1.30. The summed E-state index contributed by atoms with van der Waals surface area (Å²) < 4.78 is 42.4. The van der Waals surface area contributed by atoms with Gasteiger partial charge in [0.05, 0.1) is 0 Å². The Morgan fingerprint density at radius 1 is 1.17 bits per heavy atom. The highest BCUT2D eigenvalue weighted by atomic mass is 19.4. The highest BCUT2D eigenvalue weighted by molar-refractivity contribution is 5.46. The van der Waals surface area contributed by atoms with Crippen LogP contribution in [0.15, 0.2) is 36.4 Å². The lowest BCUT2D eigenvalue weighted by molar-refractivity contribution is -0.274. The number of alkyl halides is 3. The fraction of sp³-hybridized carbons (Fsp3) is 0.267. The number of rotatable bonds is 4. The number of fused-ring (bicyclic) bond motifs is 1. The average Bonchev–Trinajstić information content (AvgIpc) is 2.87. The molecule has 6 nitrogen and oxygen atoms in total. The predicted molar refractivity (Wildman–Crippen MR) is 80.8 cm³/mol. The van der Waals surface area contributed by atoms with Crippen molar-refractivity contribution in [3.05, 3.63) is 47.8 Å². The molecule has 3 aromatic rings. The summed E-state index contributed by atoms with van der Waals surface area (Å²) in [5.74, 6) is 1.06. The van der Waals surface area contributed by atoms with Gasteiger partial charge in [-0.05, 0) is 36.8 Å². The summed E-state index contributed by atoms with van der Waals surface area (Å²) in [7, 11) is 1.80. The topological polar surface area (TPSA) is 55.5 Å². The van der Waals surface area contributed by atoms with Gasteiger partial charge in [-0.2, -0.15) is 4.52 Å². The van der Waals surface area contributed by atoms with Crippen LogP contribution in [0.4, 0.5) is 19.0 Å². The lowest BCUT2D eigenvalue weighted by Gasteiger charge is -2.18. The summed E-state index contributed by atoms with van der Waals surface area (Å²) >= 11 is 0. The van der Waals surface area contributed by atoms with Crippen LogP contribution >= 0.6 is 0 Å². The van der Waals surface area contributed by atoms with Gasteiger partial charge < -0.3 is 9.64 Å². The van der Waals surface area contributed by atoms with Crippen molar-refractivity contribution in [2.24, 2.45) is 0 Å². The number of benzene rings is 1. The van der Waals surface area contributed by atoms with Crippen molar-refractivity contribution >= 4 is 11.5 Å². The Morgan fingerprint density at radius 2 is 1.96 bits per heavy atom. The van der Waals surface area contributed by atoms with Gasteiger partial charge in [-0.25, -0.2) is 0 Å². The smallest absolute Gasteiger partial charge is 0.406 e. The van der Waals surface area contributed by atoms with Crippen LogP contribution in [0.25, 0.3) is 5.65 Å². The summed E-state index contributed by atoms with van der Waals surface area (Å²) in [6, 6.07) is 9.42. The molecule has 2 heterocycles. The van der Waals surface area contributed by atoms with Gasteiger partial charge >= 0.3 is 6.36 Å². The maximum atomic E-state index is 12.3. The highest BCUT2D eigenvalue weighted by Crippen LogP contribution is 2.24. The molecule has 0 N–H and O–H groups in total. The van der Waals surface area contributed by atoms with Crippen LogP contribution in [0.3, 0.4) is 0 Å². The van der Waals surface area contributed by atoms with E-state index in [9.17, 15) is 13.2 Å². The van der Waals surface area contributed by atoms with E-state index in [1.54, 1.807) is 36.7 Å². The monoisotopic (exact) mass is 337 g/mol. The molecular weight excluding hydrogens is 323 g/mol. The van der Waals surface area contributed by atoms with Crippen LogP contribution in [0.5, 0.6) is 5.75 Å². The molecule has 0 unspecified atom stereocenters.